The molecule has 0 unspecified atom stereocenters. The largest absolute Gasteiger partial charge is 0.484 e. The average molecular weight is 323 g/mol. The molecule has 0 radical (unpaired) electrons. The minimum Gasteiger partial charge on any atom is -0.484 e. The van der Waals surface area contributed by atoms with Crippen molar-refractivity contribution in [1.82, 2.24) is 19.7 Å². The van der Waals surface area contributed by atoms with Crippen LogP contribution in [0.5, 0.6) is 5.75 Å². The van der Waals surface area contributed by atoms with Crippen LogP contribution in [-0.4, -0.2) is 32.3 Å². The number of carbonyl (C=O) groups excluding carboxylic acids is 1. The number of nitrogens with one attached hydrogen (secondary N) is 1. The van der Waals surface area contributed by atoms with Gasteiger partial charge in [0.1, 0.15) is 17.9 Å². The van der Waals surface area contributed by atoms with Gasteiger partial charge in [-0.3, -0.25) is 4.79 Å². The van der Waals surface area contributed by atoms with Crippen molar-refractivity contribution in [3.8, 4) is 11.6 Å². The maximum atomic E-state index is 12.0. The number of hydrogen-bond acceptors (Lipinski definition) is 5. The van der Waals surface area contributed by atoms with Crippen LogP contribution in [0.3, 0.4) is 0 Å². The Hall–Kier alpha value is -3.22. The highest BCUT2D eigenvalue weighted by Crippen LogP contribution is 2.16. The van der Waals surface area contributed by atoms with Crippen molar-refractivity contribution in [2.75, 3.05) is 11.9 Å². The number of aromatic nitrogens is 4. The van der Waals surface area contributed by atoms with E-state index in [0.717, 1.165) is 11.1 Å². The summed E-state index contributed by atoms with van der Waals surface area (Å²) >= 11 is 0. The van der Waals surface area contributed by atoms with Crippen molar-refractivity contribution >= 4 is 11.7 Å². The summed E-state index contributed by atoms with van der Waals surface area (Å²) in [6, 6.07) is 9.26. The van der Waals surface area contributed by atoms with Crippen LogP contribution in [0.15, 0.2) is 49.1 Å². The molecular weight excluding hydrogens is 306 g/mol. The van der Waals surface area contributed by atoms with Gasteiger partial charge in [0.2, 0.25) is 0 Å². The van der Waals surface area contributed by atoms with Gasteiger partial charge in [-0.15, -0.1) is 0 Å². The Morgan fingerprint density at radius 1 is 1.17 bits per heavy atom. The van der Waals surface area contributed by atoms with Crippen molar-refractivity contribution in [2.24, 2.45) is 0 Å². The fourth-order valence-electron chi connectivity index (χ4n) is 2.29. The number of nitrogens with zero attached hydrogens (tertiary/aromatic N) is 4. The highest BCUT2D eigenvalue weighted by atomic mass is 16.5. The molecule has 0 fully saturated rings. The molecular formula is C17H17N5O2. The number of carbonyl (C=O) groups is 1. The van der Waals surface area contributed by atoms with Crippen LogP contribution < -0.4 is 10.1 Å². The Morgan fingerprint density at radius 2 is 1.96 bits per heavy atom. The fraction of sp³-hybridized carbons (Fsp3) is 0.176. The van der Waals surface area contributed by atoms with Crippen LogP contribution in [-0.2, 0) is 4.79 Å². The maximum Gasteiger partial charge on any atom is 0.263 e. The van der Waals surface area contributed by atoms with Gasteiger partial charge >= 0.3 is 0 Å². The maximum absolute atomic E-state index is 12.0. The Kier molecular flexibility index (Phi) is 4.51. The van der Waals surface area contributed by atoms with Crippen molar-refractivity contribution in [3.63, 3.8) is 0 Å². The van der Waals surface area contributed by atoms with Gasteiger partial charge in [-0.2, -0.15) is 5.10 Å². The van der Waals surface area contributed by atoms with Gasteiger partial charge in [-0.1, -0.05) is 6.07 Å². The van der Waals surface area contributed by atoms with Crippen molar-refractivity contribution in [3.05, 3.63) is 60.2 Å². The third kappa shape index (κ3) is 3.95. The Balaban J connectivity index is 1.62. The molecule has 7 nitrogen and oxygen atoms in total. The Bertz CT molecular complexity index is 826. The summed E-state index contributed by atoms with van der Waals surface area (Å²) in [5, 5.41) is 6.78. The molecule has 7 heteroatoms. The minimum absolute atomic E-state index is 0.0933. The summed E-state index contributed by atoms with van der Waals surface area (Å²) < 4.78 is 7.12. The molecule has 122 valence electrons. The molecule has 1 amide bonds. The van der Waals surface area contributed by atoms with Crippen LogP contribution in [0.2, 0.25) is 0 Å². The topological polar surface area (TPSA) is 81.9 Å². The standard InChI is InChI=1S/C17H17N5O2/c1-12-6-13(2)8-14(7-12)24-10-17(23)21-15-9-16(19-11-18-15)22-5-3-4-20-22/h3-9,11H,10H2,1-2H3,(H,18,19,21,23). The van der Waals surface area contributed by atoms with Crippen molar-refractivity contribution in [2.45, 2.75) is 13.8 Å². The molecule has 3 aromatic rings. The number of anilines is 1. The summed E-state index contributed by atoms with van der Waals surface area (Å²) in [6.07, 6.45) is 4.78. The van der Waals surface area contributed by atoms with Crippen LogP contribution in [0, 0.1) is 13.8 Å². The van der Waals surface area contributed by atoms with Crippen molar-refractivity contribution < 1.29 is 9.53 Å². The smallest absolute Gasteiger partial charge is 0.263 e. The summed E-state index contributed by atoms with van der Waals surface area (Å²) in [4.78, 5) is 20.2. The monoisotopic (exact) mass is 323 g/mol. The third-order valence-electron chi connectivity index (χ3n) is 3.22. The number of aryl methyl sites for hydroxylation is 2. The zero-order valence-electron chi connectivity index (χ0n) is 13.4. The Labute approximate surface area is 139 Å². The van der Waals surface area contributed by atoms with E-state index in [1.54, 1.807) is 29.2 Å². The Morgan fingerprint density at radius 3 is 2.67 bits per heavy atom. The van der Waals surface area contributed by atoms with Gasteiger partial charge in [0.05, 0.1) is 0 Å². The summed E-state index contributed by atoms with van der Waals surface area (Å²) in [5.41, 5.74) is 2.18. The van der Waals surface area contributed by atoms with E-state index in [9.17, 15) is 4.79 Å². The predicted molar refractivity (Wildman–Crippen MR) is 89.2 cm³/mol. The molecule has 3 rings (SSSR count). The highest BCUT2D eigenvalue weighted by Gasteiger charge is 2.07. The molecule has 0 spiro atoms. The molecule has 0 bridgehead atoms. The van der Waals surface area contributed by atoms with Gasteiger partial charge in [0.25, 0.3) is 5.91 Å². The number of rotatable bonds is 5. The van der Waals surface area contributed by atoms with E-state index in [4.69, 9.17) is 4.74 Å². The van der Waals surface area contributed by atoms with E-state index in [1.807, 2.05) is 32.0 Å². The zero-order chi connectivity index (χ0) is 16.9. The summed E-state index contributed by atoms with van der Waals surface area (Å²) in [5.74, 6) is 1.34. The van der Waals surface area contributed by atoms with Crippen LogP contribution in [0.1, 0.15) is 11.1 Å². The van der Waals surface area contributed by atoms with Crippen LogP contribution in [0.25, 0.3) is 5.82 Å². The molecule has 1 aromatic carbocycles. The number of ether oxygens (including phenoxy) is 1. The molecule has 0 saturated carbocycles. The molecule has 1 N–H and O–H groups in total. The number of hydrogen-bond donors (Lipinski definition) is 1. The lowest BCUT2D eigenvalue weighted by atomic mass is 10.1. The SMILES string of the molecule is Cc1cc(C)cc(OCC(=O)Nc2cc(-n3cccn3)ncn2)c1. The second-order valence-corrected chi connectivity index (χ2v) is 5.37. The first-order chi connectivity index (χ1) is 11.6. The number of amides is 1. The predicted octanol–water partition coefficient (Wildman–Crippen LogP) is 2.30. The lowest BCUT2D eigenvalue weighted by molar-refractivity contribution is -0.118. The first-order valence-corrected chi connectivity index (χ1v) is 7.43. The zero-order valence-corrected chi connectivity index (χ0v) is 13.4. The second kappa shape index (κ2) is 6.91. The lowest BCUT2D eigenvalue weighted by Crippen LogP contribution is -2.21. The molecule has 2 aromatic heterocycles. The highest BCUT2D eigenvalue weighted by molar-refractivity contribution is 5.91. The average Bonchev–Trinajstić information content (AvgIpc) is 3.07. The molecule has 0 aliphatic carbocycles. The van der Waals surface area contributed by atoms with Crippen LogP contribution >= 0.6 is 0 Å². The molecule has 0 aliphatic rings. The van der Waals surface area contributed by atoms with E-state index in [0.29, 0.717) is 17.4 Å². The van der Waals surface area contributed by atoms with Gasteiger partial charge < -0.3 is 10.1 Å². The molecule has 2 heterocycles. The first kappa shape index (κ1) is 15.7. The lowest BCUT2D eigenvalue weighted by Gasteiger charge is -2.09. The molecule has 0 atom stereocenters. The minimum atomic E-state index is -0.292. The fourth-order valence-corrected chi connectivity index (χ4v) is 2.29. The van der Waals surface area contributed by atoms with Gasteiger partial charge in [0.15, 0.2) is 12.4 Å². The van der Waals surface area contributed by atoms with Gasteiger partial charge in [-0.05, 0) is 43.2 Å². The van der Waals surface area contributed by atoms with E-state index in [1.165, 1.54) is 6.33 Å². The first-order valence-electron chi connectivity index (χ1n) is 7.43. The van der Waals surface area contributed by atoms with Crippen molar-refractivity contribution in [1.29, 1.82) is 0 Å². The number of benzene rings is 1. The van der Waals surface area contributed by atoms with Crippen LogP contribution in [0.4, 0.5) is 5.82 Å². The van der Waals surface area contributed by atoms with E-state index >= 15 is 0 Å². The normalized spacial score (nSPS) is 10.4. The van der Waals surface area contributed by atoms with E-state index in [-0.39, 0.29) is 12.5 Å². The summed E-state index contributed by atoms with van der Waals surface area (Å²) in [6.45, 7) is 3.87. The molecule has 0 saturated heterocycles. The quantitative estimate of drug-likeness (QED) is 0.779. The molecule has 24 heavy (non-hydrogen) atoms. The third-order valence-corrected chi connectivity index (χ3v) is 3.22. The second-order valence-electron chi connectivity index (χ2n) is 5.37. The van der Waals surface area contributed by atoms with E-state index < -0.39 is 0 Å². The van der Waals surface area contributed by atoms with Gasteiger partial charge in [-0.25, -0.2) is 14.6 Å². The van der Waals surface area contributed by atoms with E-state index in [2.05, 4.69) is 20.4 Å². The van der Waals surface area contributed by atoms with Gasteiger partial charge in [0, 0.05) is 18.5 Å². The molecule has 0 aliphatic heterocycles. The summed E-state index contributed by atoms with van der Waals surface area (Å²) in [7, 11) is 0.